The van der Waals surface area contributed by atoms with E-state index in [0.29, 0.717) is 0 Å². The summed E-state index contributed by atoms with van der Waals surface area (Å²) >= 11 is 0. The molecule has 1 atom stereocenters. The number of rotatable bonds is 5. The Labute approximate surface area is 136 Å². The van der Waals surface area contributed by atoms with Gasteiger partial charge in [-0.25, -0.2) is 0 Å². The van der Waals surface area contributed by atoms with E-state index in [9.17, 15) is 4.79 Å². The van der Waals surface area contributed by atoms with Gasteiger partial charge in [0.25, 0.3) is 0 Å². The molecule has 0 radical (unpaired) electrons. The number of methoxy groups -OCH3 is 1. The number of ether oxygens (including phenoxy) is 1. The number of fused-ring (bicyclic) bond motifs is 1. The molecule has 3 rings (SSSR count). The van der Waals surface area contributed by atoms with Crippen LogP contribution in [0.15, 0.2) is 42.5 Å². The van der Waals surface area contributed by atoms with Crippen molar-refractivity contribution in [2.45, 2.75) is 32.2 Å². The Morgan fingerprint density at radius 2 is 1.91 bits per heavy atom. The summed E-state index contributed by atoms with van der Waals surface area (Å²) in [6.07, 6.45) is 3.53. The number of amides is 1. The molecule has 0 aromatic heterocycles. The molecule has 1 aliphatic rings. The second-order valence-corrected chi connectivity index (χ2v) is 5.92. The first-order chi connectivity index (χ1) is 11.2. The molecule has 0 saturated carbocycles. The summed E-state index contributed by atoms with van der Waals surface area (Å²) < 4.78 is 5.17. The van der Waals surface area contributed by atoms with Crippen LogP contribution in [0.25, 0.3) is 0 Å². The minimum absolute atomic E-state index is 0.0706. The molecule has 120 valence electrons. The second kappa shape index (κ2) is 6.73. The fraction of sp³-hybridized carbons (Fsp3) is 0.316. The Kier molecular flexibility index (Phi) is 4.51. The maximum absolute atomic E-state index is 12.3. The van der Waals surface area contributed by atoms with E-state index in [1.165, 1.54) is 24.0 Å². The van der Waals surface area contributed by atoms with Crippen LogP contribution in [-0.4, -0.2) is 19.1 Å². The minimum atomic E-state index is -0.319. The SMILES string of the molecule is COc1cccc(NC(=O)C(C)Nc2ccc3c(c2)CCC3)c1. The quantitative estimate of drug-likeness (QED) is 0.887. The lowest BCUT2D eigenvalue weighted by Gasteiger charge is -2.16. The number of anilines is 2. The molecule has 0 fully saturated rings. The van der Waals surface area contributed by atoms with Gasteiger partial charge in [0.15, 0.2) is 0 Å². The lowest BCUT2D eigenvalue weighted by Crippen LogP contribution is -2.31. The topological polar surface area (TPSA) is 50.4 Å². The Morgan fingerprint density at radius 3 is 2.74 bits per heavy atom. The number of hydrogen-bond donors (Lipinski definition) is 2. The number of benzene rings is 2. The van der Waals surface area contributed by atoms with E-state index in [-0.39, 0.29) is 11.9 Å². The molecule has 0 aliphatic heterocycles. The zero-order valence-corrected chi connectivity index (χ0v) is 13.6. The first-order valence-corrected chi connectivity index (χ1v) is 7.99. The summed E-state index contributed by atoms with van der Waals surface area (Å²) in [7, 11) is 1.61. The van der Waals surface area contributed by atoms with Gasteiger partial charge in [-0.15, -0.1) is 0 Å². The predicted octanol–water partition coefficient (Wildman–Crippen LogP) is 3.62. The van der Waals surface area contributed by atoms with Gasteiger partial charge in [-0.1, -0.05) is 12.1 Å². The fourth-order valence-corrected chi connectivity index (χ4v) is 2.93. The molecule has 0 heterocycles. The summed E-state index contributed by atoms with van der Waals surface area (Å²) in [5, 5.41) is 6.18. The third-order valence-electron chi connectivity index (χ3n) is 4.21. The average molecular weight is 310 g/mol. The van der Waals surface area contributed by atoms with Crippen LogP contribution in [0.1, 0.15) is 24.5 Å². The number of nitrogens with one attached hydrogen (secondary N) is 2. The van der Waals surface area contributed by atoms with Crippen LogP contribution in [0.3, 0.4) is 0 Å². The van der Waals surface area contributed by atoms with Crippen LogP contribution >= 0.6 is 0 Å². The highest BCUT2D eigenvalue weighted by Crippen LogP contribution is 2.25. The van der Waals surface area contributed by atoms with E-state index in [0.717, 1.165) is 23.5 Å². The summed E-state index contributed by atoms with van der Waals surface area (Å²) in [4.78, 5) is 12.3. The van der Waals surface area contributed by atoms with Gasteiger partial charge in [-0.3, -0.25) is 4.79 Å². The molecular weight excluding hydrogens is 288 g/mol. The zero-order valence-electron chi connectivity index (χ0n) is 13.6. The van der Waals surface area contributed by atoms with Crippen LogP contribution in [0.4, 0.5) is 11.4 Å². The van der Waals surface area contributed by atoms with Crippen molar-refractivity contribution >= 4 is 17.3 Å². The molecular formula is C19H22N2O2. The van der Waals surface area contributed by atoms with Crippen LogP contribution in [0.2, 0.25) is 0 Å². The van der Waals surface area contributed by atoms with E-state index >= 15 is 0 Å². The van der Waals surface area contributed by atoms with Crippen LogP contribution < -0.4 is 15.4 Å². The molecule has 1 amide bonds. The van der Waals surface area contributed by atoms with Crippen LogP contribution in [-0.2, 0) is 17.6 Å². The predicted molar refractivity (Wildman–Crippen MR) is 93.2 cm³/mol. The van der Waals surface area contributed by atoms with Crippen molar-refractivity contribution in [3.8, 4) is 5.75 Å². The van der Waals surface area contributed by atoms with Gasteiger partial charge in [0, 0.05) is 17.4 Å². The molecule has 4 heteroatoms. The number of aryl methyl sites for hydroxylation is 2. The molecule has 2 aromatic carbocycles. The normalized spacial score (nSPS) is 14.0. The maximum Gasteiger partial charge on any atom is 0.246 e. The van der Waals surface area contributed by atoms with Gasteiger partial charge in [-0.2, -0.15) is 0 Å². The number of carbonyl (C=O) groups excluding carboxylic acids is 1. The lowest BCUT2D eigenvalue weighted by atomic mass is 10.1. The van der Waals surface area contributed by atoms with Crippen LogP contribution in [0, 0.1) is 0 Å². The number of hydrogen-bond acceptors (Lipinski definition) is 3. The van der Waals surface area contributed by atoms with Crippen molar-refractivity contribution in [2.75, 3.05) is 17.7 Å². The van der Waals surface area contributed by atoms with Gasteiger partial charge in [0.1, 0.15) is 11.8 Å². The molecule has 4 nitrogen and oxygen atoms in total. The Bertz CT molecular complexity index is 712. The van der Waals surface area contributed by atoms with Crippen molar-refractivity contribution in [1.82, 2.24) is 0 Å². The Morgan fingerprint density at radius 1 is 1.09 bits per heavy atom. The van der Waals surface area contributed by atoms with Crippen molar-refractivity contribution < 1.29 is 9.53 Å². The van der Waals surface area contributed by atoms with Crippen molar-refractivity contribution in [3.05, 3.63) is 53.6 Å². The van der Waals surface area contributed by atoms with E-state index < -0.39 is 0 Å². The highest BCUT2D eigenvalue weighted by atomic mass is 16.5. The number of carbonyl (C=O) groups is 1. The third kappa shape index (κ3) is 3.65. The molecule has 1 unspecified atom stereocenters. The van der Waals surface area contributed by atoms with Crippen molar-refractivity contribution in [3.63, 3.8) is 0 Å². The summed E-state index contributed by atoms with van der Waals surface area (Å²) in [6, 6.07) is 13.4. The fourth-order valence-electron chi connectivity index (χ4n) is 2.93. The van der Waals surface area contributed by atoms with Gasteiger partial charge < -0.3 is 15.4 Å². The highest BCUT2D eigenvalue weighted by Gasteiger charge is 2.15. The standard InChI is InChI=1S/C19H22N2O2/c1-13(19(22)21-16-7-4-8-18(12-16)23-2)20-17-10-9-14-5-3-6-15(14)11-17/h4,7-13,20H,3,5-6H2,1-2H3,(H,21,22). The Hall–Kier alpha value is -2.49. The molecule has 23 heavy (non-hydrogen) atoms. The molecule has 0 spiro atoms. The molecule has 0 saturated heterocycles. The van der Waals surface area contributed by atoms with Crippen LogP contribution in [0.5, 0.6) is 5.75 Å². The van der Waals surface area contributed by atoms with Gasteiger partial charge in [-0.05, 0) is 61.6 Å². The first-order valence-electron chi connectivity index (χ1n) is 7.99. The Balaban J connectivity index is 1.63. The molecule has 1 aliphatic carbocycles. The van der Waals surface area contributed by atoms with E-state index in [4.69, 9.17) is 4.74 Å². The zero-order chi connectivity index (χ0) is 16.2. The monoisotopic (exact) mass is 310 g/mol. The average Bonchev–Trinajstić information content (AvgIpc) is 3.02. The molecule has 2 aromatic rings. The first kappa shape index (κ1) is 15.4. The summed E-state index contributed by atoms with van der Waals surface area (Å²) in [6.45, 7) is 1.86. The van der Waals surface area contributed by atoms with E-state index in [2.05, 4.69) is 28.8 Å². The van der Waals surface area contributed by atoms with E-state index in [1.807, 2.05) is 25.1 Å². The lowest BCUT2D eigenvalue weighted by molar-refractivity contribution is -0.116. The molecule has 0 bridgehead atoms. The largest absolute Gasteiger partial charge is 0.497 e. The van der Waals surface area contributed by atoms with E-state index in [1.54, 1.807) is 13.2 Å². The minimum Gasteiger partial charge on any atom is -0.497 e. The second-order valence-electron chi connectivity index (χ2n) is 5.92. The maximum atomic E-state index is 12.3. The van der Waals surface area contributed by atoms with Gasteiger partial charge in [0.2, 0.25) is 5.91 Å². The highest BCUT2D eigenvalue weighted by molar-refractivity contribution is 5.96. The molecule has 2 N–H and O–H groups in total. The smallest absolute Gasteiger partial charge is 0.246 e. The third-order valence-corrected chi connectivity index (χ3v) is 4.21. The summed E-state index contributed by atoms with van der Waals surface area (Å²) in [5.74, 6) is 0.654. The van der Waals surface area contributed by atoms with Gasteiger partial charge >= 0.3 is 0 Å². The summed E-state index contributed by atoms with van der Waals surface area (Å²) in [5.41, 5.74) is 4.57. The van der Waals surface area contributed by atoms with Crippen molar-refractivity contribution in [2.24, 2.45) is 0 Å². The van der Waals surface area contributed by atoms with Gasteiger partial charge in [0.05, 0.1) is 7.11 Å². The van der Waals surface area contributed by atoms with Crippen molar-refractivity contribution in [1.29, 1.82) is 0 Å².